The minimum absolute atomic E-state index is 0.00315. The molecule has 0 atom stereocenters. The Hall–Kier alpha value is -2.08. The number of nitrogens with one attached hydrogen (secondary N) is 2. The second kappa shape index (κ2) is 7.97. The first-order valence-corrected chi connectivity index (χ1v) is 8.05. The standard InChI is InChI=1S/C16H20ClN3O3/c1-2-7-18-14(21)10-19-16(23)11-5-6-12(17)13(9-11)20-8-3-4-15(20)22/h5-6,9H,2-4,7-8,10H2,1H3,(H,18,21)(H,19,23). The molecule has 23 heavy (non-hydrogen) atoms. The fourth-order valence-electron chi connectivity index (χ4n) is 2.35. The summed E-state index contributed by atoms with van der Waals surface area (Å²) in [5.41, 5.74) is 0.907. The number of halogens is 1. The highest BCUT2D eigenvalue weighted by Crippen LogP contribution is 2.30. The molecule has 1 aromatic rings. The first-order valence-electron chi connectivity index (χ1n) is 7.67. The number of carbonyl (C=O) groups is 3. The molecule has 0 radical (unpaired) electrons. The molecular formula is C16H20ClN3O3. The van der Waals surface area contributed by atoms with Crippen LogP contribution in [0.1, 0.15) is 36.5 Å². The topological polar surface area (TPSA) is 78.5 Å². The van der Waals surface area contributed by atoms with Crippen LogP contribution in [0.4, 0.5) is 5.69 Å². The molecule has 0 spiro atoms. The van der Waals surface area contributed by atoms with Crippen LogP contribution in [0, 0.1) is 0 Å². The van der Waals surface area contributed by atoms with E-state index in [1.54, 1.807) is 23.1 Å². The third-order valence-corrected chi connectivity index (χ3v) is 3.87. The number of benzene rings is 1. The van der Waals surface area contributed by atoms with E-state index in [-0.39, 0.29) is 24.3 Å². The number of carbonyl (C=O) groups excluding carboxylic acids is 3. The summed E-state index contributed by atoms with van der Waals surface area (Å²) in [6.45, 7) is 3.05. The zero-order chi connectivity index (χ0) is 16.8. The van der Waals surface area contributed by atoms with Crippen molar-refractivity contribution >= 4 is 35.0 Å². The van der Waals surface area contributed by atoms with Crippen molar-refractivity contribution in [2.45, 2.75) is 26.2 Å². The van der Waals surface area contributed by atoms with E-state index >= 15 is 0 Å². The minimum Gasteiger partial charge on any atom is -0.355 e. The average Bonchev–Trinajstić information content (AvgIpc) is 2.97. The summed E-state index contributed by atoms with van der Waals surface area (Å²) in [6.07, 6.45) is 2.11. The van der Waals surface area contributed by atoms with E-state index in [0.29, 0.717) is 35.8 Å². The van der Waals surface area contributed by atoms with E-state index in [1.165, 1.54) is 0 Å². The highest BCUT2D eigenvalue weighted by atomic mass is 35.5. The van der Waals surface area contributed by atoms with Gasteiger partial charge in [-0.3, -0.25) is 14.4 Å². The highest BCUT2D eigenvalue weighted by Gasteiger charge is 2.24. The molecule has 2 rings (SSSR count). The van der Waals surface area contributed by atoms with Gasteiger partial charge in [-0.15, -0.1) is 0 Å². The molecule has 1 aromatic carbocycles. The van der Waals surface area contributed by atoms with E-state index in [0.717, 1.165) is 12.8 Å². The van der Waals surface area contributed by atoms with Gasteiger partial charge in [0.15, 0.2) is 0 Å². The van der Waals surface area contributed by atoms with Gasteiger partial charge in [-0.1, -0.05) is 18.5 Å². The van der Waals surface area contributed by atoms with Gasteiger partial charge in [-0.25, -0.2) is 0 Å². The molecule has 1 aliphatic rings. The van der Waals surface area contributed by atoms with E-state index in [4.69, 9.17) is 11.6 Å². The molecule has 0 bridgehead atoms. The first-order chi connectivity index (χ1) is 11.0. The molecule has 0 aromatic heterocycles. The number of rotatable bonds is 6. The number of amides is 3. The number of anilines is 1. The van der Waals surface area contributed by atoms with Gasteiger partial charge in [0, 0.05) is 25.1 Å². The Bertz CT molecular complexity index is 619. The lowest BCUT2D eigenvalue weighted by molar-refractivity contribution is -0.120. The molecule has 1 heterocycles. The highest BCUT2D eigenvalue weighted by molar-refractivity contribution is 6.34. The van der Waals surface area contributed by atoms with Crippen molar-refractivity contribution in [3.05, 3.63) is 28.8 Å². The van der Waals surface area contributed by atoms with Crippen LogP contribution in [0.25, 0.3) is 0 Å². The van der Waals surface area contributed by atoms with Gasteiger partial charge in [0.25, 0.3) is 5.91 Å². The summed E-state index contributed by atoms with van der Waals surface area (Å²) in [5.74, 6) is -0.603. The van der Waals surface area contributed by atoms with E-state index in [9.17, 15) is 14.4 Å². The molecule has 7 heteroatoms. The minimum atomic E-state index is -0.374. The molecule has 0 saturated carbocycles. The fraction of sp³-hybridized carbons (Fsp3) is 0.438. The lowest BCUT2D eigenvalue weighted by Gasteiger charge is -2.18. The van der Waals surface area contributed by atoms with Crippen molar-refractivity contribution in [3.63, 3.8) is 0 Å². The summed E-state index contributed by atoms with van der Waals surface area (Å²) in [7, 11) is 0. The number of nitrogens with zero attached hydrogens (tertiary/aromatic N) is 1. The molecule has 6 nitrogen and oxygen atoms in total. The summed E-state index contributed by atoms with van der Waals surface area (Å²) in [6, 6.07) is 4.76. The largest absolute Gasteiger partial charge is 0.355 e. The van der Waals surface area contributed by atoms with Crippen molar-refractivity contribution in [2.75, 3.05) is 24.5 Å². The van der Waals surface area contributed by atoms with Crippen LogP contribution in [0.2, 0.25) is 5.02 Å². The quantitative estimate of drug-likeness (QED) is 0.829. The maximum Gasteiger partial charge on any atom is 0.251 e. The smallest absolute Gasteiger partial charge is 0.251 e. The van der Waals surface area contributed by atoms with Crippen LogP contribution >= 0.6 is 11.6 Å². The van der Waals surface area contributed by atoms with Crippen LogP contribution in [-0.2, 0) is 9.59 Å². The number of hydrogen-bond donors (Lipinski definition) is 2. The molecule has 0 aliphatic carbocycles. The van der Waals surface area contributed by atoms with Crippen LogP contribution in [0.5, 0.6) is 0 Å². The lowest BCUT2D eigenvalue weighted by atomic mass is 10.1. The Morgan fingerprint density at radius 3 is 2.74 bits per heavy atom. The second-order valence-electron chi connectivity index (χ2n) is 5.35. The van der Waals surface area contributed by atoms with E-state index in [2.05, 4.69) is 10.6 Å². The normalized spacial score (nSPS) is 14.0. The van der Waals surface area contributed by atoms with Gasteiger partial charge in [-0.05, 0) is 31.0 Å². The summed E-state index contributed by atoms with van der Waals surface area (Å²) in [4.78, 5) is 37.1. The maximum atomic E-state index is 12.1. The van der Waals surface area contributed by atoms with Crippen molar-refractivity contribution in [3.8, 4) is 0 Å². The van der Waals surface area contributed by atoms with Crippen molar-refractivity contribution in [1.29, 1.82) is 0 Å². The van der Waals surface area contributed by atoms with Gasteiger partial charge < -0.3 is 15.5 Å². The Morgan fingerprint density at radius 2 is 2.09 bits per heavy atom. The summed E-state index contributed by atoms with van der Waals surface area (Å²) >= 11 is 6.14. The van der Waals surface area contributed by atoms with Crippen molar-refractivity contribution in [1.82, 2.24) is 10.6 Å². The van der Waals surface area contributed by atoms with E-state index in [1.807, 2.05) is 6.92 Å². The zero-order valence-corrected chi connectivity index (χ0v) is 13.8. The predicted octanol–water partition coefficient (Wildman–Crippen LogP) is 1.72. The molecule has 124 valence electrons. The van der Waals surface area contributed by atoms with Crippen LogP contribution in [0.15, 0.2) is 18.2 Å². The van der Waals surface area contributed by atoms with Crippen molar-refractivity contribution in [2.24, 2.45) is 0 Å². The molecule has 1 aliphatic heterocycles. The zero-order valence-electron chi connectivity index (χ0n) is 13.0. The van der Waals surface area contributed by atoms with Gasteiger partial charge in [0.2, 0.25) is 11.8 Å². The predicted molar refractivity (Wildman–Crippen MR) is 88.7 cm³/mol. The maximum absolute atomic E-state index is 12.1. The molecule has 3 amide bonds. The summed E-state index contributed by atoms with van der Waals surface area (Å²) in [5, 5.41) is 5.67. The third-order valence-electron chi connectivity index (χ3n) is 3.55. The Labute approximate surface area is 140 Å². The Balaban J connectivity index is 2.03. The van der Waals surface area contributed by atoms with Gasteiger partial charge in [0.05, 0.1) is 17.3 Å². The van der Waals surface area contributed by atoms with Crippen LogP contribution < -0.4 is 15.5 Å². The lowest BCUT2D eigenvalue weighted by Crippen LogP contribution is -2.37. The van der Waals surface area contributed by atoms with Gasteiger partial charge >= 0.3 is 0 Å². The second-order valence-corrected chi connectivity index (χ2v) is 5.75. The van der Waals surface area contributed by atoms with Crippen molar-refractivity contribution < 1.29 is 14.4 Å². The molecule has 2 N–H and O–H groups in total. The third kappa shape index (κ3) is 4.45. The molecular weight excluding hydrogens is 318 g/mol. The molecule has 1 fully saturated rings. The fourth-order valence-corrected chi connectivity index (χ4v) is 2.57. The van der Waals surface area contributed by atoms with Gasteiger partial charge in [-0.2, -0.15) is 0 Å². The first kappa shape index (κ1) is 17.3. The average molecular weight is 338 g/mol. The van der Waals surface area contributed by atoms with E-state index < -0.39 is 0 Å². The summed E-state index contributed by atoms with van der Waals surface area (Å²) < 4.78 is 0. The van der Waals surface area contributed by atoms with Crippen LogP contribution in [-0.4, -0.2) is 37.4 Å². The Morgan fingerprint density at radius 1 is 1.30 bits per heavy atom. The SMILES string of the molecule is CCCNC(=O)CNC(=O)c1ccc(Cl)c(N2CCCC2=O)c1. The molecule has 0 unspecified atom stereocenters. The molecule has 1 saturated heterocycles. The van der Waals surface area contributed by atoms with Gasteiger partial charge in [0.1, 0.15) is 0 Å². The number of hydrogen-bond acceptors (Lipinski definition) is 3. The van der Waals surface area contributed by atoms with Crippen LogP contribution in [0.3, 0.4) is 0 Å². The Kier molecular flexibility index (Phi) is 5.98. The monoisotopic (exact) mass is 337 g/mol.